The van der Waals surface area contributed by atoms with Crippen molar-refractivity contribution in [3.63, 3.8) is 0 Å². The van der Waals surface area contributed by atoms with Gasteiger partial charge in [0.15, 0.2) is 0 Å². The third-order valence-corrected chi connectivity index (χ3v) is 3.61. The highest BCUT2D eigenvalue weighted by atomic mass is 35.5. The van der Waals surface area contributed by atoms with E-state index in [4.69, 9.17) is 34.8 Å². The van der Waals surface area contributed by atoms with Crippen LogP contribution in [0, 0.1) is 0 Å². The van der Waals surface area contributed by atoms with Crippen molar-refractivity contribution in [3.8, 4) is 0 Å². The number of benzene rings is 2. The highest BCUT2D eigenvalue weighted by molar-refractivity contribution is 6.35. The van der Waals surface area contributed by atoms with Gasteiger partial charge >= 0.3 is 0 Å². The molecule has 0 bridgehead atoms. The van der Waals surface area contributed by atoms with E-state index in [0.717, 1.165) is 10.6 Å². The van der Waals surface area contributed by atoms with Crippen LogP contribution in [0.5, 0.6) is 0 Å². The maximum atomic E-state index is 6.20. The maximum absolute atomic E-state index is 6.20. The van der Waals surface area contributed by atoms with Crippen molar-refractivity contribution >= 4 is 34.8 Å². The highest BCUT2D eigenvalue weighted by Crippen LogP contribution is 2.32. The summed E-state index contributed by atoms with van der Waals surface area (Å²) in [4.78, 5) is 0. The Labute approximate surface area is 116 Å². The fourth-order valence-electron chi connectivity index (χ4n) is 1.78. The lowest BCUT2D eigenvalue weighted by atomic mass is 9.93. The van der Waals surface area contributed by atoms with Crippen LogP contribution in [0.4, 0.5) is 0 Å². The molecule has 1 unspecified atom stereocenters. The van der Waals surface area contributed by atoms with Gasteiger partial charge in [0.1, 0.15) is 0 Å². The predicted molar refractivity (Wildman–Crippen MR) is 75.4 cm³/mol. The number of hydrogen-bond acceptors (Lipinski definition) is 0. The summed E-state index contributed by atoms with van der Waals surface area (Å²) in [7, 11) is 0. The van der Waals surface area contributed by atoms with E-state index in [2.05, 4.69) is 6.92 Å². The fourth-order valence-corrected chi connectivity index (χ4v) is 2.48. The SMILES string of the molecule is CC(c1ccc(Cl)cc1)c1ccc(Cl)cc1Cl. The molecule has 0 radical (unpaired) electrons. The van der Waals surface area contributed by atoms with Crippen LogP contribution in [-0.4, -0.2) is 0 Å². The molecule has 1 atom stereocenters. The van der Waals surface area contributed by atoms with E-state index in [1.165, 1.54) is 5.56 Å². The molecule has 2 rings (SSSR count). The lowest BCUT2D eigenvalue weighted by Crippen LogP contribution is -1.96. The van der Waals surface area contributed by atoms with E-state index in [9.17, 15) is 0 Å². The Balaban J connectivity index is 2.36. The second-order valence-corrected chi connectivity index (χ2v) is 5.22. The van der Waals surface area contributed by atoms with Crippen LogP contribution in [0.25, 0.3) is 0 Å². The minimum absolute atomic E-state index is 0.219. The molecule has 0 aliphatic heterocycles. The molecule has 17 heavy (non-hydrogen) atoms. The van der Waals surface area contributed by atoms with Gasteiger partial charge in [-0.25, -0.2) is 0 Å². The molecule has 3 heteroatoms. The van der Waals surface area contributed by atoms with Gasteiger partial charge < -0.3 is 0 Å². The molecule has 0 fully saturated rings. The largest absolute Gasteiger partial charge is 0.0843 e. The second-order valence-electron chi connectivity index (χ2n) is 3.94. The van der Waals surface area contributed by atoms with Gasteiger partial charge in [-0.05, 0) is 35.4 Å². The number of halogens is 3. The van der Waals surface area contributed by atoms with Gasteiger partial charge in [-0.15, -0.1) is 0 Å². The van der Waals surface area contributed by atoms with Crippen LogP contribution < -0.4 is 0 Å². The molecule has 0 saturated heterocycles. The minimum Gasteiger partial charge on any atom is -0.0843 e. The van der Waals surface area contributed by atoms with Gasteiger partial charge in [0.05, 0.1) is 0 Å². The Hall–Kier alpha value is -0.690. The van der Waals surface area contributed by atoms with Crippen LogP contribution in [0.3, 0.4) is 0 Å². The van der Waals surface area contributed by atoms with Gasteiger partial charge in [0, 0.05) is 21.0 Å². The fraction of sp³-hybridized carbons (Fsp3) is 0.143. The third kappa shape index (κ3) is 2.95. The molecule has 0 amide bonds. The van der Waals surface area contributed by atoms with E-state index in [1.807, 2.05) is 36.4 Å². The summed E-state index contributed by atoms with van der Waals surface area (Å²) in [6.07, 6.45) is 0. The molecule has 0 spiro atoms. The van der Waals surface area contributed by atoms with Gasteiger partial charge in [-0.3, -0.25) is 0 Å². The van der Waals surface area contributed by atoms with Crippen molar-refractivity contribution in [1.82, 2.24) is 0 Å². The van der Waals surface area contributed by atoms with Crippen LogP contribution >= 0.6 is 34.8 Å². The Morgan fingerprint density at radius 3 is 2.00 bits per heavy atom. The van der Waals surface area contributed by atoms with Gasteiger partial charge in [0.25, 0.3) is 0 Å². The molecular weight excluding hydrogens is 275 g/mol. The lowest BCUT2D eigenvalue weighted by molar-refractivity contribution is 0.923. The first-order valence-corrected chi connectivity index (χ1v) is 6.41. The predicted octanol–water partition coefficient (Wildman–Crippen LogP) is 5.80. The summed E-state index contributed by atoms with van der Waals surface area (Å²) in [5, 5.41) is 2.09. The van der Waals surface area contributed by atoms with Crippen molar-refractivity contribution < 1.29 is 0 Å². The lowest BCUT2D eigenvalue weighted by Gasteiger charge is -2.14. The minimum atomic E-state index is 0.219. The molecular formula is C14H11Cl3. The average Bonchev–Trinajstić information content (AvgIpc) is 2.29. The van der Waals surface area contributed by atoms with E-state index < -0.39 is 0 Å². The Bertz CT molecular complexity index is 517. The zero-order valence-corrected chi connectivity index (χ0v) is 11.5. The molecule has 88 valence electrons. The van der Waals surface area contributed by atoms with Crippen LogP contribution in [0.2, 0.25) is 15.1 Å². The van der Waals surface area contributed by atoms with E-state index in [1.54, 1.807) is 6.07 Å². The molecule has 2 aromatic carbocycles. The summed E-state index contributed by atoms with van der Waals surface area (Å²) < 4.78 is 0. The molecule has 0 N–H and O–H groups in total. The summed E-state index contributed by atoms with van der Waals surface area (Å²) in [6.45, 7) is 2.11. The second kappa shape index (κ2) is 5.30. The highest BCUT2D eigenvalue weighted by Gasteiger charge is 2.12. The van der Waals surface area contributed by atoms with Crippen molar-refractivity contribution in [2.45, 2.75) is 12.8 Å². The van der Waals surface area contributed by atoms with Gasteiger partial charge in [-0.2, -0.15) is 0 Å². The molecule has 0 aliphatic carbocycles. The number of hydrogen-bond donors (Lipinski definition) is 0. The van der Waals surface area contributed by atoms with Crippen molar-refractivity contribution in [2.24, 2.45) is 0 Å². The first-order chi connectivity index (χ1) is 8.08. The molecule has 0 heterocycles. The van der Waals surface area contributed by atoms with Crippen LogP contribution in [0.1, 0.15) is 24.0 Å². The van der Waals surface area contributed by atoms with E-state index in [-0.39, 0.29) is 5.92 Å². The van der Waals surface area contributed by atoms with Crippen molar-refractivity contribution in [2.75, 3.05) is 0 Å². The molecule has 0 aliphatic rings. The average molecular weight is 286 g/mol. The summed E-state index contributed by atoms with van der Waals surface area (Å²) >= 11 is 18.0. The molecule has 0 nitrogen and oxygen atoms in total. The van der Waals surface area contributed by atoms with E-state index >= 15 is 0 Å². The van der Waals surface area contributed by atoms with E-state index in [0.29, 0.717) is 10.0 Å². The van der Waals surface area contributed by atoms with Crippen LogP contribution in [0.15, 0.2) is 42.5 Å². The monoisotopic (exact) mass is 284 g/mol. The Morgan fingerprint density at radius 1 is 0.824 bits per heavy atom. The topological polar surface area (TPSA) is 0 Å². The quantitative estimate of drug-likeness (QED) is 0.654. The maximum Gasteiger partial charge on any atom is 0.0458 e. The summed E-state index contributed by atoms with van der Waals surface area (Å²) in [5.74, 6) is 0.219. The zero-order valence-electron chi connectivity index (χ0n) is 9.25. The Morgan fingerprint density at radius 2 is 1.41 bits per heavy atom. The Kier molecular flexibility index (Phi) is 3.98. The normalized spacial score (nSPS) is 12.5. The molecule has 0 saturated carbocycles. The molecule has 2 aromatic rings. The molecule has 0 aromatic heterocycles. The first-order valence-electron chi connectivity index (χ1n) is 5.28. The van der Waals surface area contributed by atoms with Crippen molar-refractivity contribution in [1.29, 1.82) is 0 Å². The first kappa shape index (κ1) is 12.8. The third-order valence-electron chi connectivity index (χ3n) is 2.80. The summed E-state index contributed by atoms with van der Waals surface area (Å²) in [5.41, 5.74) is 2.25. The summed E-state index contributed by atoms with van der Waals surface area (Å²) in [6, 6.07) is 13.4. The van der Waals surface area contributed by atoms with Crippen molar-refractivity contribution in [3.05, 3.63) is 68.7 Å². The van der Waals surface area contributed by atoms with Gasteiger partial charge in [0.2, 0.25) is 0 Å². The zero-order chi connectivity index (χ0) is 12.4. The standard InChI is InChI=1S/C14H11Cl3/c1-9(10-2-4-11(15)5-3-10)13-7-6-12(16)8-14(13)17/h2-9H,1H3. The van der Waals surface area contributed by atoms with Crippen LogP contribution in [-0.2, 0) is 0 Å². The van der Waals surface area contributed by atoms with Gasteiger partial charge in [-0.1, -0.05) is 59.9 Å². The smallest absolute Gasteiger partial charge is 0.0458 e. The number of rotatable bonds is 2.